The molecule has 0 saturated heterocycles. The van der Waals surface area contributed by atoms with E-state index < -0.39 is 29.7 Å². The van der Waals surface area contributed by atoms with Gasteiger partial charge in [-0.2, -0.15) is 0 Å². The SMILES string of the molecule is NC(CC(=O)Cc1ccccc1)(C(=O)O)C(=O)OCc1ccccc1. The number of Topliss-reactive ketones (excluding diaryl/α,β-unsaturated/α-hetero) is 1. The summed E-state index contributed by atoms with van der Waals surface area (Å²) in [5, 5.41) is 9.34. The summed E-state index contributed by atoms with van der Waals surface area (Å²) in [5.41, 5.74) is 4.72. The number of hydrogen-bond acceptors (Lipinski definition) is 5. The fraction of sp³-hybridized carbons (Fsp3) is 0.211. The molecule has 0 radical (unpaired) electrons. The summed E-state index contributed by atoms with van der Waals surface area (Å²) in [4.78, 5) is 35.8. The van der Waals surface area contributed by atoms with Crippen LogP contribution < -0.4 is 5.73 Å². The smallest absolute Gasteiger partial charge is 0.338 e. The second-order valence-corrected chi connectivity index (χ2v) is 5.72. The average Bonchev–Trinajstić information content (AvgIpc) is 2.61. The van der Waals surface area contributed by atoms with E-state index in [1.165, 1.54) is 0 Å². The number of carbonyl (C=O) groups is 3. The molecule has 6 heteroatoms. The summed E-state index contributed by atoms with van der Waals surface area (Å²) in [6, 6.07) is 17.6. The fourth-order valence-corrected chi connectivity index (χ4v) is 2.28. The summed E-state index contributed by atoms with van der Waals surface area (Å²) >= 11 is 0. The molecule has 3 N–H and O–H groups in total. The van der Waals surface area contributed by atoms with Gasteiger partial charge in [-0.1, -0.05) is 60.7 Å². The lowest BCUT2D eigenvalue weighted by Gasteiger charge is -2.22. The standard InChI is InChI=1S/C19H19NO5/c20-19(17(22)23,12-16(21)11-14-7-3-1-4-8-14)18(24)25-13-15-9-5-2-6-10-15/h1-10H,11-13,20H2,(H,22,23). The minimum atomic E-state index is -2.40. The number of carboxylic acid groups (broad SMARTS) is 1. The zero-order valence-corrected chi connectivity index (χ0v) is 13.6. The highest BCUT2D eigenvalue weighted by atomic mass is 16.5. The van der Waals surface area contributed by atoms with Crippen LogP contribution in [0.2, 0.25) is 0 Å². The Hall–Kier alpha value is -2.99. The van der Waals surface area contributed by atoms with Gasteiger partial charge in [-0.05, 0) is 11.1 Å². The van der Waals surface area contributed by atoms with Crippen LogP contribution in [-0.2, 0) is 32.1 Å². The van der Waals surface area contributed by atoms with E-state index >= 15 is 0 Å². The first-order chi connectivity index (χ1) is 11.9. The molecule has 0 amide bonds. The van der Waals surface area contributed by atoms with Crippen molar-refractivity contribution in [2.45, 2.75) is 25.0 Å². The van der Waals surface area contributed by atoms with Gasteiger partial charge >= 0.3 is 11.9 Å². The predicted octanol–water partition coefficient (Wildman–Crippen LogP) is 1.71. The van der Waals surface area contributed by atoms with Crippen molar-refractivity contribution >= 4 is 17.7 Å². The van der Waals surface area contributed by atoms with Gasteiger partial charge in [0, 0.05) is 12.8 Å². The maximum absolute atomic E-state index is 12.2. The van der Waals surface area contributed by atoms with E-state index in [0.717, 1.165) is 5.56 Å². The van der Waals surface area contributed by atoms with Crippen molar-refractivity contribution in [1.82, 2.24) is 0 Å². The van der Waals surface area contributed by atoms with Crippen molar-refractivity contribution < 1.29 is 24.2 Å². The van der Waals surface area contributed by atoms with E-state index in [1.54, 1.807) is 60.7 Å². The molecule has 0 bridgehead atoms. The normalized spacial score (nSPS) is 12.8. The number of aliphatic carboxylic acids is 1. The minimum absolute atomic E-state index is 0.000957. The Morgan fingerprint density at radius 2 is 1.44 bits per heavy atom. The Morgan fingerprint density at radius 3 is 1.96 bits per heavy atom. The minimum Gasteiger partial charge on any atom is -0.479 e. The number of carbonyl (C=O) groups excluding carboxylic acids is 2. The third-order valence-corrected chi connectivity index (χ3v) is 3.68. The molecule has 0 aliphatic carbocycles. The molecule has 0 spiro atoms. The van der Waals surface area contributed by atoms with Crippen LogP contribution in [0.1, 0.15) is 17.5 Å². The summed E-state index contributed by atoms with van der Waals surface area (Å²) < 4.78 is 5.01. The molecular formula is C19H19NO5. The number of rotatable bonds is 8. The van der Waals surface area contributed by atoms with Crippen molar-refractivity contribution in [3.05, 3.63) is 71.8 Å². The van der Waals surface area contributed by atoms with Crippen molar-refractivity contribution in [3.63, 3.8) is 0 Å². The highest BCUT2D eigenvalue weighted by Crippen LogP contribution is 2.15. The fourth-order valence-electron chi connectivity index (χ4n) is 2.28. The molecule has 2 aromatic rings. The second kappa shape index (κ2) is 8.21. The number of carboxylic acids is 1. The van der Waals surface area contributed by atoms with E-state index in [4.69, 9.17) is 10.5 Å². The molecular weight excluding hydrogens is 322 g/mol. The summed E-state index contributed by atoms with van der Waals surface area (Å²) in [6.45, 7) is -0.112. The maximum atomic E-state index is 12.2. The van der Waals surface area contributed by atoms with Crippen LogP contribution in [0.25, 0.3) is 0 Å². The van der Waals surface area contributed by atoms with E-state index in [0.29, 0.717) is 5.56 Å². The van der Waals surface area contributed by atoms with Crippen LogP contribution in [0.4, 0.5) is 0 Å². The number of nitrogens with two attached hydrogens (primary N) is 1. The highest BCUT2D eigenvalue weighted by Gasteiger charge is 2.45. The van der Waals surface area contributed by atoms with Gasteiger partial charge in [-0.15, -0.1) is 0 Å². The molecule has 0 aromatic heterocycles. The van der Waals surface area contributed by atoms with E-state index in [-0.39, 0.29) is 13.0 Å². The molecule has 0 fully saturated rings. The van der Waals surface area contributed by atoms with Gasteiger partial charge in [0.25, 0.3) is 0 Å². The molecule has 0 aliphatic heterocycles. The van der Waals surface area contributed by atoms with Crippen LogP contribution in [0.5, 0.6) is 0 Å². The molecule has 0 saturated carbocycles. The lowest BCUT2D eigenvalue weighted by atomic mass is 9.91. The van der Waals surface area contributed by atoms with Crippen molar-refractivity contribution in [2.24, 2.45) is 5.73 Å². The lowest BCUT2D eigenvalue weighted by Crippen LogP contribution is -2.57. The average molecular weight is 341 g/mol. The Kier molecular flexibility index (Phi) is 6.03. The van der Waals surface area contributed by atoms with Gasteiger partial charge in [-0.25, -0.2) is 9.59 Å². The maximum Gasteiger partial charge on any atom is 0.338 e. The van der Waals surface area contributed by atoms with E-state index in [2.05, 4.69) is 0 Å². The Bertz CT molecular complexity index is 745. The number of hydrogen-bond donors (Lipinski definition) is 2. The van der Waals surface area contributed by atoms with Gasteiger partial charge in [0.15, 0.2) is 0 Å². The molecule has 1 atom stereocenters. The molecule has 0 aliphatic rings. The molecule has 130 valence electrons. The van der Waals surface area contributed by atoms with Crippen LogP contribution in [0.15, 0.2) is 60.7 Å². The first kappa shape index (κ1) is 18.4. The van der Waals surface area contributed by atoms with Crippen molar-refractivity contribution in [3.8, 4) is 0 Å². The molecule has 2 aromatic carbocycles. The second-order valence-electron chi connectivity index (χ2n) is 5.72. The van der Waals surface area contributed by atoms with Gasteiger partial charge in [0.1, 0.15) is 12.4 Å². The predicted molar refractivity (Wildman–Crippen MR) is 90.6 cm³/mol. The molecule has 6 nitrogen and oxygen atoms in total. The largest absolute Gasteiger partial charge is 0.479 e. The topological polar surface area (TPSA) is 107 Å². The Labute approximate surface area is 145 Å². The monoisotopic (exact) mass is 341 g/mol. The van der Waals surface area contributed by atoms with E-state index in [1.807, 2.05) is 0 Å². The third-order valence-electron chi connectivity index (χ3n) is 3.68. The van der Waals surface area contributed by atoms with Crippen LogP contribution in [-0.4, -0.2) is 28.4 Å². The quantitative estimate of drug-likeness (QED) is 0.559. The highest BCUT2D eigenvalue weighted by molar-refractivity contribution is 6.07. The van der Waals surface area contributed by atoms with Crippen LogP contribution >= 0.6 is 0 Å². The number of esters is 1. The summed E-state index contributed by atoms with van der Waals surface area (Å²) in [7, 11) is 0. The van der Waals surface area contributed by atoms with E-state index in [9.17, 15) is 19.5 Å². The van der Waals surface area contributed by atoms with Gasteiger partial charge < -0.3 is 15.6 Å². The van der Waals surface area contributed by atoms with Crippen LogP contribution in [0.3, 0.4) is 0 Å². The lowest BCUT2D eigenvalue weighted by molar-refractivity contribution is -0.163. The molecule has 0 heterocycles. The van der Waals surface area contributed by atoms with Crippen molar-refractivity contribution in [1.29, 1.82) is 0 Å². The van der Waals surface area contributed by atoms with Gasteiger partial charge in [0.05, 0.1) is 0 Å². The number of benzene rings is 2. The number of ketones is 1. The Morgan fingerprint density at radius 1 is 0.920 bits per heavy atom. The first-order valence-electron chi connectivity index (χ1n) is 7.71. The summed E-state index contributed by atoms with van der Waals surface area (Å²) in [5.74, 6) is -3.18. The zero-order valence-electron chi connectivity index (χ0n) is 13.6. The Balaban J connectivity index is 2.02. The zero-order chi connectivity index (χ0) is 18.3. The first-order valence-corrected chi connectivity index (χ1v) is 7.71. The van der Waals surface area contributed by atoms with Crippen molar-refractivity contribution in [2.75, 3.05) is 0 Å². The van der Waals surface area contributed by atoms with Gasteiger partial charge in [-0.3, -0.25) is 4.79 Å². The third kappa shape index (κ3) is 4.99. The molecule has 2 rings (SSSR count). The molecule has 25 heavy (non-hydrogen) atoms. The number of ether oxygens (including phenoxy) is 1. The summed E-state index contributed by atoms with van der Waals surface area (Å²) in [6.07, 6.45) is -0.635. The van der Waals surface area contributed by atoms with Gasteiger partial charge in [0.2, 0.25) is 5.54 Å². The van der Waals surface area contributed by atoms with Crippen LogP contribution in [0, 0.1) is 0 Å². The molecule has 1 unspecified atom stereocenters.